The van der Waals surface area contributed by atoms with E-state index in [-0.39, 0.29) is 23.6 Å². The second-order valence-electron chi connectivity index (χ2n) is 6.71. The molecule has 0 aromatic heterocycles. The number of benzene rings is 1. The van der Waals surface area contributed by atoms with Gasteiger partial charge in [-0.05, 0) is 56.4 Å². The van der Waals surface area contributed by atoms with Crippen LogP contribution in [0.2, 0.25) is 5.02 Å². The number of hydrogen-bond donors (Lipinski definition) is 0. The van der Waals surface area contributed by atoms with Crippen molar-refractivity contribution in [2.45, 2.75) is 44.6 Å². The van der Waals surface area contributed by atoms with Crippen molar-refractivity contribution in [2.24, 2.45) is 5.92 Å². The van der Waals surface area contributed by atoms with E-state index in [2.05, 4.69) is 0 Å². The summed E-state index contributed by atoms with van der Waals surface area (Å²) in [6.07, 6.45) is 3.54. The second-order valence-corrected chi connectivity index (χ2v) is 7.15. The SMILES string of the molecule is O=C(O[C@H]1CCCCC1=O)C1CCN(C(=O)c2ccc(Cl)cc2)CC1. The predicted octanol–water partition coefficient (Wildman–Crippen LogP) is 3.25. The van der Waals surface area contributed by atoms with Crippen LogP contribution in [-0.2, 0) is 14.3 Å². The van der Waals surface area contributed by atoms with Crippen molar-refractivity contribution < 1.29 is 19.1 Å². The molecular weight excluding hydrogens is 342 g/mol. The van der Waals surface area contributed by atoms with Crippen molar-refractivity contribution in [3.05, 3.63) is 34.9 Å². The molecule has 1 saturated heterocycles. The van der Waals surface area contributed by atoms with Crippen molar-refractivity contribution in [1.82, 2.24) is 4.90 Å². The average molecular weight is 364 g/mol. The molecule has 1 atom stereocenters. The Bertz CT molecular complexity index is 650. The van der Waals surface area contributed by atoms with Crippen LogP contribution in [0.25, 0.3) is 0 Å². The zero-order valence-electron chi connectivity index (χ0n) is 14.1. The molecule has 2 aliphatic rings. The largest absolute Gasteiger partial charge is 0.454 e. The first-order valence-corrected chi connectivity index (χ1v) is 9.20. The highest BCUT2D eigenvalue weighted by atomic mass is 35.5. The first kappa shape index (κ1) is 17.9. The fourth-order valence-corrected chi connectivity index (χ4v) is 3.53. The smallest absolute Gasteiger partial charge is 0.309 e. The highest BCUT2D eigenvalue weighted by molar-refractivity contribution is 6.30. The van der Waals surface area contributed by atoms with Crippen LogP contribution in [-0.4, -0.2) is 41.8 Å². The van der Waals surface area contributed by atoms with Crippen molar-refractivity contribution in [3.8, 4) is 0 Å². The number of Topliss-reactive ketones (excluding diaryl/α,β-unsaturated/α-hetero) is 1. The van der Waals surface area contributed by atoms with Gasteiger partial charge in [0.25, 0.3) is 5.91 Å². The van der Waals surface area contributed by atoms with Gasteiger partial charge in [0.1, 0.15) is 0 Å². The molecule has 134 valence electrons. The molecule has 1 aromatic rings. The standard InChI is InChI=1S/C19H22ClNO4/c20-15-7-5-13(6-8-15)18(23)21-11-9-14(10-12-21)19(24)25-17-4-2-1-3-16(17)22/h5-8,14,17H,1-4,9-12H2/t17-/m0/s1. The Kier molecular flexibility index (Phi) is 5.74. The summed E-state index contributed by atoms with van der Waals surface area (Å²) >= 11 is 5.85. The van der Waals surface area contributed by atoms with Crippen LogP contribution < -0.4 is 0 Å². The van der Waals surface area contributed by atoms with Gasteiger partial charge in [0.2, 0.25) is 0 Å². The lowest BCUT2D eigenvalue weighted by molar-refractivity contribution is -0.161. The minimum atomic E-state index is -0.560. The molecule has 0 radical (unpaired) electrons. The van der Waals surface area contributed by atoms with Gasteiger partial charge >= 0.3 is 5.97 Å². The maximum absolute atomic E-state index is 12.5. The number of esters is 1. The van der Waals surface area contributed by atoms with Crippen LogP contribution in [0.15, 0.2) is 24.3 Å². The molecule has 25 heavy (non-hydrogen) atoms. The van der Waals surface area contributed by atoms with E-state index >= 15 is 0 Å². The lowest BCUT2D eigenvalue weighted by Gasteiger charge is -2.32. The van der Waals surface area contributed by atoms with Gasteiger partial charge in [-0.2, -0.15) is 0 Å². The average Bonchev–Trinajstić information content (AvgIpc) is 2.64. The van der Waals surface area contributed by atoms with Crippen LogP contribution in [0.5, 0.6) is 0 Å². The summed E-state index contributed by atoms with van der Waals surface area (Å²) in [6, 6.07) is 6.81. The fourth-order valence-electron chi connectivity index (χ4n) is 3.41. The molecule has 0 bridgehead atoms. The highest BCUT2D eigenvalue weighted by Crippen LogP contribution is 2.24. The van der Waals surface area contributed by atoms with E-state index in [4.69, 9.17) is 16.3 Å². The quantitative estimate of drug-likeness (QED) is 0.773. The maximum Gasteiger partial charge on any atom is 0.309 e. The van der Waals surface area contributed by atoms with Crippen LogP contribution >= 0.6 is 11.6 Å². The van der Waals surface area contributed by atoms with Crippen LogP contribution in [0.3, 0.4) is 0 Å². The number of carbonyl (C=O) groups is 3. The van der Waals surface area contributed by atoms with Gasteiger partial charge < -0.3 is 9.64 Å². The summed E-state index contributed by atoms with van der Waals surface area (Å²) in [7, 11) is 0. The number of piperidine rings is 1. The lowest BCUT2D eigenvalue weighted by Crippen LogP contribution is -2.42. The van der Waals surface area contributed by atoms with Gasteiger partial charge in [0.15, 0.2) is 11.9 Å². The number of hydrogen-bond acceptors (Lipinski definition) is 4. The Morgan fingerprint density at radius 1 is 1.04 bits per heavy atom. The molecule has 1 amide bonds. The van der Waals surface area contributed by atoms with E-state index in [0.717, 1.165) is 12.8 Å². The van der Waals surface area contributed by atoms with E-state index < -0.39 is 6.10 Å². The molecule has 1 aliphatic heterocycles. The molecule has 5 nitrogen and oxygen atoms in total. The predicted molar refractivity (Wildman–Crippen MR) is 93.4 cm³/mol. The third-order valence-electron chi connectivity index (χ3n) is 4.96. The van der Waals surface area contributed by atoms with Crippen LogP contribution in [0.1, 0.15) is 48.9 Å². The molecule has 1 aromatic carbocycles. The third kappa shape index (κ3) is 4.40. The van der Waals surface area contributed by atoms with Gasteiger partial charge in [-0.25, -0.2) is 0 Å². The third-order valence-corrected chi connectivity index (χ3v) is 5.22. The van der Waals surface area contributed by atoms with Crippen molar-refractivity contribution >= 4 is 29.3 Å². The van der Waals surface area contributed by atoms with Crippen LogP contribution in [0.4, 0.5) is 0 Å². The first-order chi connectivity index (χ1) is 12.0. The number of carbonyl (C=O) groups excluding carboxylic acids is 3. The van der Waals surface area contributed by atoms with E-state index in [0.29, 0.717) is 49.4 Å². The molecule has 0 unspecified atom stereocenters. The summed E-state index contributed by atoms with van der Waals surface area (Å²) < 4.78 is 5.43. The zero-order valence-corrected chi connectivity index (χ0v) is 14.8. The van der Waals surface area contributed by atoms with Gasteiger partial charge in [-0.15, -0.1) is 0 Å². The van der Waals surface area contributed by atoms with Crippen LogP contribution in [0, 0.1) is 5.92 Å². The van der Waals surface area contributed by atoms with Crippen molar-refractivity contribution in [3.63, 3.8) is 0 Å². The summed E-state index contributed by atoms with van der Waals surface area (Å²) in [5.41, 5.74) is 0.596. The number of rotatable bonds is 3. The molecule has 1 heterocycles. The number of likely N-dealkylation sites (tertiary alicyclic amines) is 1. The molecule has 1 saturated carbocycles. The number of ketones is 1. The Balaban J connectivity index is 1.51. The van der Waals surface area contributed by atoms with Gasteiger partial charge in [0.05, 0.1) is 5.92 Å². The monoisotopic (exact) mass is 363 g/mol. The molecule has 6 heteroatoms. The molecule has 2 fully saturated rings. The lowest BCUT2D eigenvalue weighted by atomic mass is 9.94. The summed E-state index contributed by atoms with van der Waals surface area (Å²) in [6.45, 7) is 1.03. The Morgan fingerprint density at radius 2 is 1.72 bits per heavy atom. The molecular formula is C19H22ClNO4. The highest BCUT2D eigenvalue weighted by Gasteiger charge is 2.32. The van der Waals surface area contributed by atoms with E-state index in [9.17, 15) is 14.4 Å². The first-order valence-electron chi connectivity index (χ1n) is 8.82. The normalized spacial score (nSPS) is 21.9. The summed E-state index contributed by atoms with van der Waals surface area (Å²) in [4.78, 5) is 38.3. The topological polar surface area (TPSA) is 63.7 Å². The Morgan fingerprint density at radius 3 is 2.36 bits per heavy atom. The molecule has 3 rings (SSSR count). The maximum atomic E-state index is 12.5. The number of amides is 1. The number of nitrogens with zero attached hydrogens (tertiary/aromatic N) is 1. The second kappa shape index (κ2) is 8.00. The summed E-state index contributed by atoms with van der Waals surface area (Å²) in [5, 5.41) is 0.593. The zero-order chi connectivity index (χ0) is 17.8. The molecule has 0 spiro atoms. The number of ether oxygens (including phenoxy) is 1. The van der Waals surface area contributed by atoms with Crippen molar-refractivity contribution in [1.29, 1.82) is 0 Å². The summed E-state index contributed by atoms with van der Waals surface area (Å²) in [5.74, 6) is -0.538. The minimum Gasteiger partial charge on any atom is -0.454 e. The minimum absolute atomic E-state index is 0.0370. The van der Waals surface area contributed by atoms with E-state index in [1.54, 1.807) is 29.2 Å². The van der Waals surface area contributed by atoms with E-state index in [1.165, 1.54) is 0 Å². The van der Waals surface area contributed by atoms with E-state index in [1.807, 2.05) is 0 Å². The molecule has 1 aliphatic carbocycles. The van der Waals surface area contributed by atoms with Crippen molar-refractivity contribution in [2.75, 3.05) is 13.1 Å². The number of halogens is 1. The Hall–Kier alpha value is -1.88. The fraction of sp³-hybridized carbons (Fsp3) is 0.526. The van der Waals surface area contributed by atoms with Gasteiger partial charge in [-0.3, -0.25) is 14.4 Å². The van der Waals surface area contributed by atoms with Gasteiger partial charge in [-0.1, -0.05) is 11.6 Å². The molecule has 0 N–H and O–H groups in total. The Labute approximate surface area is 152 Å². The van der Waals surface area contributed by atoms with Gasteiger partial charge in [0, 0.05) is 30.1 Å².